The highest BCUT2D eigenvalue weighted by atomic mass is 15.3. The van der Waals surface area contributed by atoms with E-state index in [2.05, 4.69) is 66.1 Å². The van der Waals surface area contributed by atoms with Gasteiger partial charge in [-0.1, -0.05) is 44.4 Å². The molecule has 0 fully saturated rings. The summed E-state index contributed by atoms with van der Waals surface area (Å²) < 4.78 is 0. The van der Waals surface area contributed by atoms with Crippen LogP contribution in [-0.4, -0.2) is 28.0 Å². The van der Waals surface area contributed by atoms with Gasteiger partial charge < -0.3 is 10.2 Å². The molecule has 25 heavy (non-hydrogen) atoms. The Bertz CT molecular complexity index is 676. The number of hydrogen-bond acceptors (Lipinski definition) is 5. The highest BCUT2D eigenvalue weighted by molar-refractivity contribution is 5.59. The Morgan fingerprint density at radius 3 is 2.20 bits per heavy atom. The first-order chi connectivity index (χ1) is 12.0. The quantitative estimate of drug-likeness (QED) is 0.699. The minimum Gasteiger partial charge on any atom is -0.341 e. The highest BCUT2D eigenvalue weighted by Gasteiger charge is 2.12. The van der Waals surface area contributed by atoms with Crippen LogP contribution in [0.3, 0.4) is 0 Å². The summed E-state index contributed by atoms with van der Waals surface area (Å²) in [6, 6.07) is 6.33. The number of nitrogens with one attached hydrogen (secondary N) is 1. The maximum atomic E-state index is 4.69. The molecule has 1 aromatic carbocycles. The lowest BCUT2D eigenvalue weighted by Crippen LogP contribution is -2.28. The van der Waals surface area contributed by atoms with Gasteiger partial charge in [0.25, 0.3) is 0 Å². The van der Waals surface area contributed by atoms with Gasteiger partial charge in [-0.2, -0.15) is 15.0 Å². The normalized spacial score (nSPS) is 10.8. The van der Waals surface area contributed by atoms with Gasteiger partial charge in [0.2, 0.25) is 11.9 Å². The third kappa shape index (κ3) is 5.69. The lowest BCUT2D eigenvalue weighted by molar-refractivity contribution is 0.660. The zero-order valence-corrected chi connectivity index (χ0v) is 16.3. The fraction of sp³-hybridized carbons (Fsp3) is 0.550. The van der Waals surface area contributed by atoms with Gasteiger partial charge in [-0.25, -0.2) is 0 Å². The summed E-state index contributed by atoms with van der Waals surface area (Å²) in [6.07, 6.45) is 4.63. The minimum atomic E-state index is 0.618. The monoisotopic (exact) mass is 341 g/mol. The van der Waals surface area contributed by atoms with E-state index in [-0.39, 0.29) is 0 Å². The molecular weight excluding hydrogens is 310 g/mol. The Kier molecular flexibility index (Phi) is 7.16. The molecule has 0 saturated carbocycles. The average Bonchev–Trinajstić information content (AvgIpc) is 2.57. The van der Waals surface area contributed by atoms with Gasteiger partial charge in [0.1, 0.15) is 5.82 Å². The van der Waals surface area contributed by atoms with Crippen molar-refractivity contribution in [3.05, 3.63) is 35.2 Å². The van der Waals surface area contributed by atoms with Crippen LogP contribution in [0, 0.1) is 20.8 Å². The molecular formula is C20H31N5. The summed E-state index contributed by atoms with van der Waals surface area (Å²) in [4.78, 5) is 16.0. The van der Waals surface area contributed by atoms with Crippen molar-refractivity contribution in [1.82, 2.24) is 15.0 Å². The lowest BCUT2D eigenvalue weighted by atomic mass is 10.1. The van der Waals surface area contributed by atoms with Gasteiger partial charge in [0, 0.05) is 18.8 Å². The van der Waals surface area contributed by atoms with E-state index in [1.807, 2.05) is 6.92 Å². The van der Waals surface area contributed by atoms with E-state index in [0.717, 1.165) is 43.4 Å². The summed E-state index contributed by atoms with van der Waals surface area (Å²) in [6.45, 7) is 12.5. The molecule has 0 aliphatic heterocycles. The summed E-state index contributed by atoms with van der Waals surface area (Å²) in [5.41, 5.74) is 3.48. The molecule has 0 atom stereocenters. The number of nitrogens with zero attached hydrogens (tertiary/aromatic N) is 4. The Morgan fingerprint density at radius 1 is 0.920 bits per heavy atom. The number of aromatic nitrogens is 3. The van der Waals surface area contributed by atoms with Crippen molar-refractivity contribution < 1.29 is 0 Å². The van der Waals surface area contributed by atoms with Crippen LogP contribution in [0.5, 0.6) is 0 Å². The van der Waals surface area contributed by atoms with E-state index < -0.39 is 0 Å². The molecule has 136 valence electrons. The van der Waals surface area contributed by atoms with Crippen LogP contribution >= 0.6 is 0 Å². The van der Waals surface area contributed by atoms with Crippen LogP contribution in [-0.2, 0) is 0 Å². The molecule has 0 spiro atoms. The molecule has 0 bridgehead atoms. The van der Waals surface area contributed by atoms with Crippen LogP contribution in [0.1, 0.15) is 56.5 Å². The number of aryl methyl sites for hydroxylation is 3. The summed E-state index contributed by atoms with van der Waals surface area (Å²) in [5, 5.41) is 3.36. The van der Waals surface area contributed by atoms with Gasteiger partial charge in [-0.15, -0.1) is 0 Å². The molecule has 0 saturated heterocycles. The predicted molar refractivity (Wildman–Crippen MR) is 106 cm³/mol. The SMILES string of the molecule is CCCCN(CCCC)c1nc(C)nc(Nc2ccc(C)cc2C)n1. The largest absolute Gasteiger partial charge is 0.341 e. The van der Waals surface area contributed by atoms with Crippen molar-refractivity contribution in [2.24, 2.45) is 0 Å². The van der Waals surface area contributed by atoms with Crippen LogP contribution in [0.25, 0.3) is 0 Å². The third-order valence-electron chi connectivity index (χ3n) is 4.21. The maximum Gasteiger partial charge on any atom is 0.232 e. The van der Waals surface area contributed by atoms with Crippen molar-refractivity contribution in [2.45, 2.75) is 60.3 Å². The molecule has 0 aliphatic rings. The molecule has 5 nitrogen and oxygen atoms in total. The molecule has 0 aliphatic carbocycles. The van der Waals surface area contributed by atoms with Crippen molar-refractivity contribution in [1.29, 1.82) is 0 Å². The molecule has 1 heterocycles. The van der Waals surface area contributed by atoms with Crippen LogP contribution < -0.4 is 10.2 Å². The lowest BCUT2D eigenvalue weighted by Gasteiger charge is -2.23. The third-order valence-corrected chi connectivity index (χ3v) is 4.21. The van der Waals surface area contributed by atoms with Crippen molar-refractivity contribution in [3.8, 4) is 0 Å². The van der Waals surface area contributed by atoms with E-state index in [9.17, 15) is 0 Å². The molecule has 0 amide bonds. The van der Waals surface area contributed by atoms with Gasteiger partial charge >= 0.3 is 0 Å². The van der Waals surface area contributed by atoms with Crippen molar-refractivity contribution in [2.75, 3.05) is 23.3 Å². The van der Waals surface area contributed by atoms with Gasteiger partial charge in [-0.3, -0.25) is 0 Å². The van der Waals surface area contributed by atoms with Gasteiger partial charge in [0.15, 0.2) is 0 Å². The van der Waals surface area contributed by atoms with E-state index in [4.69, 9.17) is 4.98 Å². The Labute approximate surface area is 151 Å². The number of hydrogen-bond donors (Lipinski definition) is 1. The number of rotatable bonds is 9. The zero-order valence-electron chi connectivity index (χ0n) is 16.3. The first kappa shape index (κ1) is 19.2. The van der Waals surface area contributed by atoms with E-state index >= 15 is 0 Å². The first-order valence-electron chi connectivity index (χ1n) is 9.35. The minimum absolute atomic E-state index is 0.618. The molecule has 0 unspecified atom stereocenters. The van der Waals surface area contributed by atoms with Gasteiger partial charge in [-0.05, 0) is 45.2 Å². The molecule has 0 radical (unpaired) electrons. The smallest absolute Gasteiger partial charge is 0.232 e. The Balaban J connectivity index is 2.24. The van der Waals surface area contributed by atoms with E-state index in [1.54, 1.807) is 0 Å². The fourth-order valence-electron chi connectivity index (χ4n) is 2.75. The standard InChI is InChI=1S/C20H31N5/c1-6-8-12-25(13-9-7-2)20-22-17(5)21-19(24-20)23-18-11-10-15(3)14-16(18)4/h10-11,14H,6-9,12-13H2,1-5H3,(H,21,22,23,24). The molecule has 2 rings (SSSR count). The van der Waals surface area contributed by atoms with Crippen LogP contribution in [0.15, 0.2) is 18.2 Å². The van der Waals surface area contributed by atoms with Crippen LogP contribution in [0.2, 0.25) is 0 Å². The molecule has 1 aromatic heterocycles. The molecule has 5 heteroatoms. The van der Waals surface area contributed by atoms with Crippen molar-refractivity contribution >= 4 is 17.6 Å². The van der Waals surface area contributed by atoms with E-state index in [0.29, 0.717) is 5.95 Å². The van der Waals surface area contributed by atoms with Gasteiger partial charge in [0.05, 0.1) is 0 Å². The number of benzene rings is 1. The molecule has 1 N–H and O–H groups in total. The second-order valence-electron chi connectivity index (χ2n) is 6.64. The Hall–Kier alpha value is -2.17. The number of anilines is 3. The summed E-state index contributed by atoms with van der Waals surface area (Å²) in [5.74, 6) is 2.14. The fourth-order valence-corrected chi connectivity index (χ4v) is 2.75. The van der Waals surface area contributed by atoms with E-state index in [1.165, 1.54) is 24.0 Å². The Morgan fingerprint density at radius 2 is 1.60 bits per heavy atom. The maximum absolute atomic E-state index is 4.69. The average molecular weight is 342 g/mol. The first-order valence-corrected chi connectivity index (χ1v) is 9.35. The second-order valence-corrected chi connectivity index (χ2v) is 6.64. The predicted octanol–water partition coefficient (Wildman–Crippen LogP) is 4.95. The molecule has 2 aromatic rings. The number of unbranched alkanes of at least 4 members (excludes halogenated alkanes) is 2. The highest BCUT2D eigenvalue weighted by Crippen LogP contribution is 2.21. The van der Waals surface area contributed by atoms with Crippen molar-refractivity contribution in [3.63, 3.8) is 0 Å². The summed E-state index contributed by atoms with van der Waals surface area (Å²) in [7, 11) is 0. The van der Waals surface area contributed by atoms with Crippen LogP contribution in [0.4, 0.5) is 17.6 Å². The second kappa shape index (κ2) is 9.35. The zero-order chi connectivity index (χ0) is 18.2. The topological polar surface area (TPSA) is 53.9 Å². The summed E-state index contributed by atoms with van der Waals surface area (Å²) >= 11 is 0.